The number of hydrogen-bond donors (Lipinski definition) is 1. The summed E-state index contributed by atoms with van der Waals surface area (Å²) in [4.78, 5) is 17.4. The minimum Gasteiger partial charge on any atom is -0.493 e. The fourth-order valence-corrected chi connectivity index (χ4v) is 4.28. The third-order valence-electron chi connectivity index (χ3n) is 4.81. The van der Waals surface area contributed by atoms with Crippen LogP contribution < -0.4 is 14.8 Å². The Balaban J connectivity index is 1.48. The van der Waals surface area contributed by atoms with Crippen LogP contribution in [0.4, 0.5) is 5.69 Å². The number of ether oxygens (including phenoxy) is 2. The third-order valence-corrected chi connectivity index (χ3v) is 5.88. The number of hydrogen-bond acceptors (Lipinski definition) is 5. The average molecular weight is 419 g/mol. The first-order chi connectivity index (χ1) is 14.7. The van der Waals surface area contributed by atoms with E-state index in [1.165, 1.54) is 0 Å². The van der Waals surface area contributed by atoms with Gasteiger partial charge in [-0.2, -0.15) is 0 Å². The van der Waals surface area contributed by atoms with E-state index >= 15 is 0 Å². The zero-order valence-corrected chi connectivity index (χ0v) is 17.7. The first-order valence-electron chi connectivity index (χ1n) is 9.63. The van der Waals surface area contributed by atoms with E-state index in [0.29, 0.717) is 24.3 Å². The molecular weight excluding hydrogens is 396 g/mol. The lowest BCUT2D eigenvalue weighted by Crippen LogP contribution is -2.13. The normalized spacial score (nSPS) is 10.7. The predicted octanol–water partition coefficient (Wildman–Crippen LogP) is 5.55. The van der Waals surface area contributed by atoms with Crippen molar-refractivity contribution < 1.29 is 14.3 Å². The number of rotatable bonds is 7. The van der Waals surface area contributed by atoms with Crippen LogP contribution in [-0.2, 0) is 11.2 Å². The van der Waals surface area contributed by atoms with E-state index in [-0.39, 0.29) is 5.91 Å². The van der Waals surface area contributed by atoms with Gasteiger partial charge in [-0.25, -0.2) is 4.98 Å². The van der Waals surface area contributed by atoms with Gasteiger partial charge in [0.05, 0.1) is 30.1 Å². The summed E-state index contributed by atoms with van der Waals surface area (Å²) < 4.78 is 11.7. The average Bonchev–Trinajstić information content (AvgIpc) is 3.22. The Morgan fingerprint density at radius 3 is 2.53 bits per heavy atom. The van der Waals surface area contributed by atoms with Crippen molar-refractivity contribution in [1.82, 2.24) is 4.98 Å². The quantitative estimate of drug-likeness (QED) is 0.427. The largest absolute Gasteiger partial charge is 0.493 e. The van der Waals surface area contributed by atoms with Crippen molar-refractivity contribution >= 4 is 33.1 Å². The van der Waals surface area contributed by atoms with Gasteiger partial charge in [0.15, 0.2) is 11.5 Å². The van der Waals surface area contributed by atoms with Gasteiger partial charge in [-0.3, -0.25) is 4.79 Å². The van der Waals surface area contributed by atoms with Crippen LogP contribution in [0.1, 0.15) is 12.0 Å². The number of aromatic nitrogens is 1. The van der Waals surface area contributed by atoms with Gasteiger partial charge in [-0.1, -0.05) is 30.3 Å². The number of para-hydroxylation sites is 2. The van der Waals surface area contributed by atoms with Crippen LogP contribution in [0.25, 0.3) is 20.8 Å². The van der Waals surface area contributed by atoms with Crippen LogP contribution in [0, 0.1) is 0 Å². The number of benzene rings is 3. The van der Waals surface area contributed by atoms with Gasteiger partial charge in [-0.05, 0) is 48.4 Å². The van der Waals surface area contributed by atoms with Crippen LogP contribution >= 0.6 is 11.3 Å². The first kappa shape index (κ1) is 19.9. The van der Waals surface area contributed by atoms with Crippen LogP contribution in [0.3, 0.4) is 0 Å². The molecule has 0 saturated carbocycles. The Labute approximate surface area is 179 Å². The van der Waals surface area contributed by atoms with E-state index < -0.39 is 0 Å². The number of carbonyl (C=O) groups is 1. The van der Waals surface area contributed by atoms with Gasteiger partial charge in [0.1, 0.15) is 5.01 Å². The summed E-state index contributed by atoms with van der Waals surface area (Å²) in [5.41, 5.74) is 3.68. The SMILES string of the molecule is COc1ccc(CCC(=O)Nc2ccccc2-c2nc3ccccc3s2)cc1OC. The summed E-state index contributed by atoms with van der Waals surface area (Å²) in [5, 5.41) is 3.94. The lowest BCUT2D eigenvalue weighted by Gasteiger charge is -2.11. The summed E-state index contributed by atoms with van der Waals surface area (Å²) in [5.74, 6) is 1.30. The van der Waals surface area contributed by atoms with Gasteiger partial charge in [0.25, 0.3) is 0 Å². The molecule has 4 aromatic rings. The van der Waals surface area contributed by atoms with E-state index in [4.69, 9.17) is 14.5 Å². The van der Waals surface area contributed by atoms with Crippen molar-refractivity contribution in [1.29, 1.82) is 0 Å². The van der Waals surface area contributed by atoms with E-state index in [1.54, 1.807) is 25.6 Å². The molecule has 0 spiro atoms. The summed E-state index contributed by atoms with van der Waals surface area (Å²) in [6, 6.07) is 21.5. The van der Waals surface area contributed by atoms with Gasteiger partial charge in [0, 0.05) is 12.0 Å². The number of amides is 1. The Bertz CT molecular complexity index is 1150. The molecule has 1 heterocycles. The summed E-state index contributed by atoms with van der Waals surface area (Å²) >= 11 is 1.62. The zero-order valence-electron chi connectivity index (χ0n) is 16.8. The molecule has 5 nitrogen and oxygen atoms in total. The molecule has 0 unspecified atom stereocenters. The fourth-order valence-electron chi connectivity index (χ4n) is 3.27. The highest BCUT2D eigenvalue weighted by Crippen LogP contribution is 2.34. The molecule has 0 aliphatic rings. The van der Waals surface area contributed by atoms with E-state index in [1.807, 2.05) is 60.7 Å². The molecule has 1 aromatic heterocycles. The van der Waals surface area contributed by atoms with E-state index in [9.17, 15) is 4.79 Å². The summed E-state index contributed by atoms with van der Waals surface area (Å²) in [6.45, 7) is 0. The maximum atomic E-state index is 12.6. The highest BCUT2D eigenvalue weighted by molar-refractivity contribution is 7.21. The minimum atomic E-state index is -0.0432. The highest BCUT2D eigenvalue weighted by atomic mass is 32.1. The van der Waals surface area contributed by atoms with E-state index in [2.05, 4.69) is 11.4 Å². The van der Waals surface area contributed by atoms with Crippen molar-refractivity contribution in [2.24, 2.45) is 0 Å². The molecule has 152 valence electrons. The Kier molecular flexibility index (Phi) is 5.95. The number of carbonyl (C=O) groups excluding carboxylic acids is 1. The van der Waals surface area contributed by atoms with Crippen molar-refractivity contribution in [2.75, 3.05) is 19.5 Å². The first-order valence-corrected chi connectivity index (χ1v) is 10.5. The molecule has 0 radical (unpaired) electrons. The van der Waals surface area contributed by atoms with Gasteiger partial charge >= 0.3 is 0 Å². The lowest BCUT2D eigenvalue weighted by molar-refractivity contribution is -0.116. The molecule has 1 N–H and O–H groups in total. The number of methoxy groups -OCH3 is 2. The molecule has 0 atom stereocenters. The summed E-state index contributed by atoms with van der Waals surface area (Å²) in [7, 11) is 3.21. The zero-order chi connectivity index (χ0) is 20.9. The molecule has 0 saturated heterocycles. The number of aryl methyl sites for hydroxylation is 1. The molecule has 0 bridgehead atoms. The number of nitrogens with zero attached hydrogens (tertiary/aromatic N) is 1. The second-order valence-corrected chi connectivity index (χ2v) is 7.80. The maximum absolute atomic E-state index is 12.6. The van der Waals surface area contributed by atoms with Gasteiger partial charge in [-0.15, -0.1) is 11.3 Å². The molecule has 0 aliphatic carbocycles. The molecule has 0 fully saturated rings. The molecule has 1 amide bonds. The molecule has 30 heavy (non-hydrogen) atoms. The van der Waals surface area contributed by atoms with Crippen molar-refractivity contribution in [2.45, 2.75) is 12.8 Å². The van der Waals surface area contributed by atoms with Gasteiger partial charge in [0.2, 0.25) is 5.91 Å². The van der Waals surface area contributed by atoms with Crippen LogP contribution in [-0.4, -0.2) is 25.1 Å². The second-order valence-electron chi connectivity index (χ2n) is 6.77. The number of fused-ring (bicyclic) bond motifs is 1. The van der Waals surface area contributed by atoms with Crippen LogP contribution in [0.15, 0.2) is 66.7 Å². The monoisotopic (exact) mass is 418 g/mol. The summed E-state index contributed by atoms with van der Waals surface area (Å²) in [6.07, 6.45) is 0.971. The van der Waals surface area contributed by atoms with E-state index in [0.717, 1.165) is 32.0 Å². The van der Waals surface area contributed by atoms with Crippen LogP contribution in [0.5, 0.6) is 11.5 Å². The second kappa shape index (κ2) is 8.97. The van der Waals surface area contributed by atoms with Crippen LogP contribution in [0.2, 0.25) is 0 Å². The predicted molar refractivity (Wildman–Crippen MR) is 122 cm³/mol. The maximum Gasteiger partial charge on any atom is 0.224 e. The Morgan fingerprint density at radius 2 is 1.73 bits per heavy atom. The smallest absolute Gasteiger partial charge is 0.224 e. The number of anilines is 1. The fraction of sp³-hybridized carbons (Fsp3) is 0.167. The lowest BCUT2D eigenvalue weighted by atomic mass is 10.1. The third kappa shape index (κ3) is 4.28. The molecule has 6 heteroatoms. The Morgan fingerprint density at radius 1 is 0.967 bits per heavy atom. The molecule has 3 aromatic carbocycles. The topological polar surface area (TPSA) is 60.5 Å². The molecule has 0 aliphatic heterocycles. The van der Waals surface area contributed by atoms with Gasteiger partial charge < -0.3 is 14.8 Å². The number of nitrogens with one attached hydrogen (secondary N) is 1. The minimum absolute atomic E-state index is 0.0432. The van der Waals surface area contributed by atoms with Crippen molar-refractivity contribution in [3.05, 3.63) is 72.3 Å². The standard InChI is InChI=1S/C24H22N2O3S/c1-28-20-13-11-16(15-21(20)29-2)12-14-23(27)25-18-8-4-3-7-17(18)24-26-19-9-5-6-10-22(19)30-24/h3-11,13,15H,12,14H2,1-2H3,(H,25,27). The Hall–Kier alpha value is -3.38. The molecule has 4 rings (SSSR count). The number of thiazole rings is 1. The molecular formula is C24H22N2O3S. The highest BCUT2D eigenvalue weighted by Gasteiger charge is 2.13. The van der Waals surface area contributed by atoms with Crippen molar-refractivity contribution in [3.8, 4) is 22.1 Å². The van der Waals surface area contributed by atoms with Crippen molar-refractivity contribution in [3.63, 3.8) is 0 Å².